The summed E-state index contributed by atoms with van der Waals surface area (Å²) in [6.07, 6.45) is 3.51. The molecule has 1 saturated heterocycles. The Kier molecular flexibility index (Phi) is 4.40. The quantitative estimate of drug-likeness (QED) is 0.914. The van der Waals surface area contributed by atoms with Crippen LogP contribution < -0.4 is 0 Å². The van der Waals surface area contributed by atoms with Crippen LogP contribution >= 0.6 is 11.3 Å². The van der Waals surface area contributed by atoms with Crippen LogP contribution in [-0.4, -0.2) is 35.1 Å². The van der Waals surface area contributed by atoms with E-state index in [9.17, 15) is 9.90 Å². The van der Waals surface area contributed by atoms with Crippen LogP contribution in [-0.2, 0) is 6.42 Å². The molecule has 2 rings (SSSR count). The molecule has 1 atom stereocenters. The molecular formula is C14H21NO2S. The van der Waals surface area contributed by atoms with Crippen molar-refractivity contribution in [3.05, 3.63) is 21.4 Å². The van der Waals surface area contributed by atoms with Gasteiger partial charge in [-0.25, -0.2) is 0 Å². The number of hydrogen-bond donors (Lipinski definition) is 1. The third-order valence-electron chi connectivity index (χ3n) is 3.43. The molecule has 3 nitrogen and oxygen atoms in total. The van der Waals surface area contributed by atoms with Crippen LogP contribution in [0.4, 0.5) is 0 Å². The van der Waals surface area contributed by atoms with Crippen molar-refractivity contribution in [2.45, 2.75) is 45.6 Å². The molecule has 1 unspecified atom stereocenters. The number of thiophene rings is 1. The van der Waals surface area contributed by atoms with Crippen molar-refractivity contribution in [2.75, 3.05) is 13.1 Å². The van der Waals surface area contributed by atoms with Gasteiger partial charge in [-0.15, -0.1) is 11.3 Å². The summed E-state index contributed by atoms with van der Waals surface area (Å²) < 4.78 is 0. The molecule has 1 aromatic rings. The van der Waals surface area contributed by atoms with Gasteiger partial charge in [-0.1, -0.05) is 13.3 Å². The molecule has 1 amide bonds. The lowest BCUT2D eigenvalue weighted by Gasteiger charge is -2.29. The Morgan fingerprint density at radius 3 is 3.06 bits per heavy atom. The van der Waals surface area contributed by atoms with Crippen LogP contribution in [0.1, 0.15) is 46.3 Å². The molecule has 0 radical (unpaired) electrons. The van der Waals surface area contributed by atoms with E-state index in [2.05, 4.69) is 13.8 Å². The maximum atomic E-state index is 12.3. The maximum absolute atomic E-state index is 12.3. The summed E-state index contributed by atoms with van der Waals surface area (Å²) in [5.74, 6) is 0.0872. The number of piperidine rings is 1. The molecule has 1 aliphatic rings. The first-order chi connectivity index (χ1) is 8.61. The first-order valence-electron chi connectivity index (χ1n) is 6.68. The van der Waals surface area contributed by atoms with E-state index in [0.29, 0.717) is 6.54 Å². The first kappa shape index (κ1) is 13.6. The molecule has 1 aliphatic heterocycles. The molecule has 0 bridgehead atoms. The van der Waals surface area contributed by atoms with Crippen molar-refractivity contribution >= 4 is 17.2 Å². The van der Waals surface area contributed by atoms with Gasteiger partial charge in [0.2, 0.25) is 0 Å². The van der Waals surface area contributed by atoms with Crippen LogP contribution in [0.2, 0.25) is 0 Å². The van der Waals surface area contributed by atoms with Crippen LogP contribution in [0.25, 0.3) is 0 Å². The monoisotopic (exact) mass is 267 g/mol. The van der Waals surface area contributed by atoms with E-state index in [-0.39, 0.29) is 12.0 Å². The highest BCUT2D eigenvalue weighted by molar-refractivity contribution is 7.14. The van der Waals surface area contributed by atoms with Gasteiger partial charge in [0, 0.05) is 18.0 Å². The van der Waals surface area contributed by atoms with Crippen LogP contribution in [0, 0.1) is 6.92 Å². The fourth-order valence-corrected chi connectivity index (χ4v) is 3.48. The van der Waals surface area contributed by atoms with Crippen molar-refractivity contribution in [1.29, 1.82) is 0 Å². The van der Waals surface area contributed by atoms with Gasteiger partial charge in [0.25, 0.3) is 5.91 Å². The van der Waals surface area contributed by atoms with Gasteiger partial charge in [-0.3, -0.25) is 4.79 Å². The summed E-state index contributed by atoms with van der Waals surface area (Å²) in [6.45, 7) is 5.49. The zero-order valence-corrected chi connectivity index (χ0v) is 11.9. The number of β-amino-alcohol motifs (C(OH)–C–C–N with tert-alkyl or cyclic N) is 1. The predicted octanol–water partition coefficient (Wildman–Crippen LogP) is 2.61. The third kappa shape index (κ3) is 2.93. The van der Waals surface area contributed by atoms with Crippen molar-refractivity contribution in [2.24, 2.45) is 0 Å². The summed E-state index contributed by atoms with van der Waals surface area (Å²) in [4.78, 5) is 16.2. The largest absolute Gasteiger partial charge is 0.391 e. The summed E-state index contributed by atoms with van der Waals surface area (Å²) >= 11 is 1.58. The number of carbonyl (C=O) groups excluding carboxylic acids is 1. The van der Waals surface area contributed by atoms with Crippen molar-refractivity contribution in [1.82, 2.24) is 4.90 Å². The lowest BCUT2D eigenvalue weighted by Crippen LogP contribution is -2.41. The van der Waals surface area contributed by atoms with Crippen molar-refractivity contribution in [3.63, 3.8) is 0 Å². The molecule has 18 heavy (non-hydrogen) atoms. The zero-order valence-electron chi connectivity index (χ0n) is 11.1. The number of likely N-dealkylation sites (tertiary alicyclic amines) is 1. The number of carbonyl (C=O) groups is 1. The smallest absolute Gasteiger partial charge is 0.264 e. The van der Waals surface area contributed by atoms with E-state index in [0.717, 1.165) is 37.1 Å². The van der Waals surface area contributed by atoms with Gasteiger partial charge < -0.3 is 10.0 Å². The second kappa shape index (κ2) is 5.85. The Morgan fingerprint density at radius 1 is 1.61 bits per heavy atom. The summed E-state index contributed by atoms with van der Waals surface area (Å²) in [7, 11) is 0. The number of nitrogens with zero attached hydrogens (tertiary/aromatic N) is 1. The number of aliphatic hydroxyl groups excluding tert-OH is 1. The van der Waals surface area contributed by atoms with Gasteiger partial charge in [-0.05, 0) is 37.8 Å². The standard InChI is InChI=1S/C14H21NO2S/c1-3-5-11-8-13(18-10(11)2)14(17)15-7-4-6-12(16)9-15/h8,12,16H,3-7,9H2,1-2H3. The van der Waals surface area contributed by atoms with E-state index in [1.165, 1.54) is 10.4 Å². The van der Waals surface area contributed by atoms with E-state index in [4.69, 9.17) is 0 Å². The Hall–Kier alpha value is -0.870. The zero-order chi connectivity index (χ0) is 13.1. The fraction of sp³-hybridized carbons (Fsp3) is 0.643. The minimum Gasteiger partial charge on any atom is -0.391 e. The number of rotatable bonds is 3. The van der Waals surface area contributed by atoms with Crippen molar-refractivity contribution in [3.8, 4) is 0 Å². The topological polar surface area (TPSA) is 40.5 Å². The van der Waals surface area contributed by atoms with Crippen LogP contribution in [0.3, 0.4) is 0 Å². The average molecular weight is 267 g/mol. The Bertz CT molecular complexity index is 427. The highest BCUT2D eigenvalue weighted by Crippen LogP contribution is 2.25. The second-order valence-corrected chi connectivity index (χ2v) is 6.25. The molecule has 1 N–H and O–H groups in total. The second-order valence-electron chi connectivity index (χ2n) is 4.99. The molecule has 2 heterocycles. The highest BCUT2D eigenvalue weighted by Gasteiger charge is 2.24. The van der Waals surface area contributed by atoms with E-state index >= 15 is 0 Å². The lowest BCUT2D eigenvalue weighted by atomic mass is 10.1. The molecule has 0 aromatic carbocycles. The highest BCUT2D eigenvalue weighted by atomic mass is 32.1. The molecule has 100 valence electrons. The van der Waals surface area contributed by atoms with Gasteiger partial charge in [0.1, 0.15) is 0 Å². The fourth-order valence-electron chi connectivity index (χ4n) is 2.44. The van der Waals surface area contributed by atoms with Gasteiger partial charge >= 0.3 is 0 Å². The molecule has 1 fully saturated rings. The summed E-state index contributed by atoms with van der Waals surface area (Å²) in [6, 6.07) is 2.03. The van der Waals surface area contributed by atoms with Crippen LogP contribution in [0.5, 0.6) is 0 Å². The normalized spacial score (nSPS) is 20.2. The molecule has 0 saturated carbocycles. The Labute approximate surface area is 112 Å². The molecule has 1 aromatic heterocycles. The minimum absolute atomic E-state index is 0.0872. The third-order valence-corrected chi connectivity index (χ3v) is 4.52. The Morgan fingerprint density at radius 2 is 2.39 bits per heavy atom. The van der Waals surface area contributed by atoms with Crippen molar-refractivity contribution < 1.29 is 9.90 Å². The summed E-state index contributed by atoms with van der Waals surface area (Å²) in [5, 5.41) is 9.63. The van der Waals surface area contributed by atoms with E-state index < -0.39 is 0 Å². The first-order valence-corrected chi connectivity index (χ1v) is 7.50. The maximum Gasteiger partial charge on any atom is 0.264 e. The SMILES string of the molecule is CCCc1cc(C(=O)N2CCCC(O)C2)sc1C. The average Bonchev–Trinajstić information content (AvgIpc) is 2.71. The van der Waals surface area contributed by atoms with Gasteiger partial charge in [0.05, 0.1) is 11.0 Å². The van der Waals surface area contributed by atoms with Gasteiger partial charge in [0.15, 0.2) is 0 Å². The number of aryl methyl sites for hydroxylation is 2. The molecular weight excluding hydrogens is 246 g/mol. The van der Waals surface area contributed by atoms with E-state index in [1.807, 2.05) is 6.07 Å². The number of hydrogen-bond acceptors (Lipinski definition) is 3. The molecule has 0 aliphatic carbocycles. The lowest BCUT2D eigenvalue weighted by molar-refractivity contribution is 0.0477. The number of amides is 1. The number of aliphatic hydroxyl groups is 1. The molecule has 0 spiro atoms. The predicted molar refractivity (Wildman–Crippen MR) is 74.2 cm³/mol. The van der Waals surface area contributed by atoms with Gasteiger partial charge in [-0.2, -0.15) is 0 Å². The minimum atomic E-state index is -0.348. The Balaban J connectivity index is 2.10. The molecule has 4 heteroatoms. The summed E-state index contributed by atoms with van der Waals surface area (Å²) in [5.41, 5.74) is 1.29. The van der Waals surface area contributed by atoms with E-state index in [1.54, 1.807) is 16.2 Å². The van der Waals surface area contributed by atoms with Crippen LogP contribution in [0.15, 0.2) is 6.07 Å².